The lowest BCUT2D eigenvalue weighted by Crippen LogP contribution is -2.47. The van der Waals surface area contributed by atoms with Crippen LogP contribution in [0.3, 0.4) is 0 Å². The molecule has 3 N–H and O–H groups in total. The van der Waals surface area contributed by atoms with Gasteiger partial charge in [0.05, 0.1) is 5.75 Å². The van der Waals surface area contributed by atoms with E-state index in [9.17, 15) is 16.8 Å². The maximum absolute atomic E-state index is 12.1. The summed E-state index contributed by atoms with van der Waals surface area (Å²) >= 11 is 0. The van der Waals surface area contributed by atoms with Crippen molar-refractivity contribution >= 4 is 28.3 Å². The van der Waals surface area contributed by atoms with Gasteiger partial charge in [0.2, 0.25) is 20.0 Å². The Hall–Kier alpha value is -0.743. The van der Waals surface area contributed by atoms with Gasteiger partial charge in [-0.05, 0) is 5.56 Å². The molecule has 1 aromatic carbocycles. The highest BCUT2D eigenvalue weighted by atomic mass is 32.2. The smallest absolute Gasteiger partial charge is 0.217 e. The molecule has 1 unspecified atom stereocenters. The van der Waals surface area contributed by atoms with Crippen LogP contribution in [0.25, 0.3) is 0 Å². The van der Waals surface area contributed by atoms with Gasteiger partial charge < -0.3 is 0 Å². The second kappa shape index (κ2) is 5.94. The minimum absolute atomic E-state index is 0.371. The second-order valence-electron chi connectivity index (χ2n) is 5.62. The van der Waals surface area contributed by atoms with E-state index < -0.39 is 39.3 Å². The maximum Gasteiger partial charge on any atom is 0.217 e. The summed E-state index contributed by atoms with van der Waals surface area (Å²) in [5, 5.41) is 3.91. The first-order chi connectivity index (χ1) is 8.91. The van der Waals surface area contributed by atoms with Crippen molar-refractivity contribution in [3.8, 4) is 0 Å². The zero-order chi connectivity index (χ0) is 15.6. The second-order valence-corrected chi connectivity index (χ2v) is 14.2. The molecule has 1 atom stereocenters. The molecule has 0 amide bonds. The van der Waals surface area contributed by atoms with Crippen LogP contribution in [-0.2, 0) is 20.0 Å². The van der Waals surface area contributed by atoms with Crippen LogP contribution in [0.2, 0.25) is 19.6 Å². The molecule has 1 aromatic rings. The van der Waals surface area contributed by atoms with E-state index in [0.29, 0.717) is 5.56 Å². The Morgan fingerprint density at radius 3 is 2.00 bits per heavy atom. The van der Waals surface area contributed by atoms with Crippen molar-refractivity contribution < 1.29 is 16.8 Å². The Balaban J connectivity index is 3.11. The normalized spacial score (nSPS) is 15.0. The summed E-state index contributed by atoms with van der Waals surface area (Å²) in [6, 6.07) is 8.12. The zero-order valence-electron chi connectivity index (χ0n) is 11.7. The van der Waals surface area contributed by atoms with E-state index in [1.54, 1.807) is 30.3 Å². The largest absolute Gasteiger partial charge is 0.238 e. The van der Waals surface area contributed by atoms with Gasteiger partial charge in [0.15, 0.2) is 0 Å². The van der Waals surface area contributed by atoms with Crippen molar-refractivity contribution in [3.05, 3.63) is 35.9 Å². The molecular formula is C11H20N2O4S2Si. The van der Waals surface area contributed by atoms with E-state index in [4.69, 9.17) is 5.14 Å². The number of rotatable bonds is 6. The molecule has 0 spiro atoms. The number of sulfonamides is 2. The Labute approximate surface area is 121 Å². The molecule has 0 saturated carbocycles. The predicted octanol–water partition coefficient (Wildman–Crippen LogP) is 0.770. The average Bonchev–Trinajstić information content (AvgIpc) is 2.22. The molecule has 0 aliphatic rings. The van der Waals surface area contributed by atoms with E-state index in [1.165, 1.54) is 0 Å². The van der Waals surface area contributed by atoms with Crippen LogP contribution < -0.4 is 9.53 Å². The number of hydrogen-bond acceptors (Lipinski definition) is 4. The van der Waals surface area contributed by atoms with Crippen LogP contribution >= 0.6 is 0 Å². The van der Waals surface area contributed by atoms with Crippen molar-refractivity contribution in [1.82, 2.24) is 4.39 Å². The molecule has 0 fully saturated rings. The van der Waals surface area contributed by atoms with E-state index in [-0.39, 0.29) is 0 Å². The highest BCUT2D eigenvalue weighted by Crippen LogP contribution is 2.22. The third kappa shape index (κ3) is 5.71. The summed E-state index contributed by atoms with van der Waals surface area (Å²) in [7, 11) is -9.82. The maximum atomic E-state index is 12.1. The minimum atomic E-state index is -4.01. The number of nitrogens with two attached hydrogens (primary N) is 1. The van der Waals surface area contributed by atoms with Crippen LogP contribution in [0.4, 0.5) is 0 Å². The minimum Gasteiger partial charge on any atom is -0.238 e. The SMILES string of the molecule is C[Si](C)(C)NS(=O)(=O)CC(c1ccccc1)S(N)(=O)=O. The Morgan fingerprint density at radius 2 is 1.60 bits per heavy atom. The van der Waals surface area contributed by atoms with E-state index in [0.717, 1.165) is 0 Å². The Bertz CT molecular complexity index is 651. The number of nitrogens with one attached hydrogen (secondary N) is 1. The van der Waals surface area contributed by atoms with E-state index in [2.05, 4.69) is 4.39 Å². The fraction of sp³-hybridized carbons (Fsp3) is 0.455. The zero-order valence-corrected chi connectivity index (χ0v) is 14.3. The van der Waals surface area contributed by atoms with Crippen molar-refractivity contribution in [1.29, 1.82) is 0 Å². The van der Waals surface area contributed by atoms with E-state index in [1.807, 2.05) is 19.6 Å². The fourth-order valence-corrected chi connectivity index (χ4v) is 8.24. The van der Waals surface area contributed by atoms with Crippen molar-refractivity contribution in [2.45, 2.75) is 24.9 Å². The fourth-order valence-electron chi connectivity index (χ4n) is 1.76. The van der Waals surface area contributed by atoms with Crippen molar-refractivity contribution in [2.24, 2.45) is 5.14 Å². The molecule has 0 aromatic heterocycles. The molecule has 114 valence electrons. The summed E-state index contributed by atoms with van der Waals surface area (Å²) in [4.78, 5) is 0. The van der Waals surface area contributed by atoms with Gasteiger partial charge in [-0.2, -0.15) is 0 Å². The van der Waals surface area contributed by atoms with E-state index >= 15 is 0 Å². The predicted molar refractivity (Wildman–Crippen MR) is 82.6 cm³/mol. The first-order valence-corrected chi connectivity index (χ1v) is 12.8. The van der Waals surface area contributed by atoms with Crippen LogP contribution in [0.1, 0.15) is 10.8 Å². The molecule has 0 radical (unpaired) electrons. The van der Waals surface area contributed by atoms with Crippen LogP contribution in [0.5, 0.6) is 0 Å². The summed E-state index contributed by atoms with van der Waals surface area (Å²) in [5.74, 6) is -0.569. The highest BCUT2D eigenvalue weighted by molar-refractivity contribution is 7.94. The molecule has 0 bridgehead atoms. The van der Waals surface area contributed by atoms with Gasteiger partial charge >= 0.3 is 0 Å². The molecule has 0 heterocycles. The summed E-state index contributed by atoms with van der Waals surface area (Å²) in [6.45, 7) is 5.46. The lowest BCUT2D eigenvalue weighted by molar-refractivity contribution is 0.575. The standard InChI is InChI=1S/C11H20N2O4S2Si/c1-20(2,3)13-18(14,15)9-11(19(12,16)17)10-7-5-4-6-8-10/h4-8,11,13H,9H2,1-3H3,(H2,12,16,17). The van der Waals surface area contributed by atoms with Crippen LogP contribution in [0.15, 0.2) is 30.3 Å². The van der Waals surface area contributed by atoms with Gasteiger partial charge in [0.25, 0.3) is 0 Å². The molecule has 0 aliphatic carbocycles. The van der Waals surface area contributed by atoms with Crippen molar-refractivity contribution in [3.63, 3.8) is 0 Å². The van der Waals surface area contributed by atoms with Gasteiger partial charge in [-0.3, -0.25) is 0 Å². The lowest BCUT2D eigenvalue weighted by Gasteiger charge is -2.21. The number of benzene rings is 1. The third-order valence-corrected chi connectivity index (χ3v) is 8.31. The summed E-state index contributed by atoms with van der Waals surface area (Å²) in [6.07, 6.45) is 0. The first-order valence-electron chi connectivity index (χ1n) is 5.99. The highest BCUT2D eigenvalue weighted by Gasteiger charge is 2.32. The molecule has 6 nitrogen and oxygen atoms in total. The molecule has 0 aliphatic heterocycles. The topological polar surface area (TPSA) is 106 Å². The monoisotopic (exact) mass is 336 g/mol. The van der Waals surface area contributed by atoms with Gasteiger partial charge in [0, 0.05) is 0 Å². The van der Waals surface area contributed by atoms with Crippen LogP contribution in [-0.4, -0.2) is 30.8 Å². The van der Waals surface area contributed by atoms with Gasteiger partial charge in [-0.25, -0.2) is 26.4 Å². The van der Waals surface area contributed by atoms with Gasteiger partial charge in [-0.15, -0.1) is 0 Å². The third-order valence-electron chi connectivity index (χ3n) is 2.40. The van der Waals surface area contributed by atoms with Gasteiger partial charge in [-0.1, -0.05) is 50.0 Å². The van der Waals surface area contributed by atoms with Crippen molar-refractivity contribution in [2.75, 3.05) is 5.75 Å². The average molecular weight is 337 g/mol. The quantitative estimate of drug-likeness (QED) is 0.748. The molecule has 20 heavy (non-hydrogen) atoms. The molecule has 1 rings (SSSR count). The Morgan fingerprint density at radius 1 is 1.10 bits per heavy atom. The van der Waals surface area contributed by atoms with Gasteiger partial charge in [0.1, 0.15) is 13.5 Å². The molecule has 0 saturated heterocycles. The first kappa shape index (κ1) is 17.3. The number of primary sulfonamides is 1. The summed E-state index contributed by atoms with van der Waals surface area (Å²) < 4.78 is 50.1. The lowest BCUT2D eigenvalue weighted by atomic mass is 10.2. The Kier molecular flexibility index (Phi) is 5.14. The van der Waals surface area contributed by atoms with Crippen LogP contribution in [0, 0.1) is 0 Å². The molecule has 9 heteroatoms. The summed E-state index contributed by atoms with van der Waals surface area (Å²) in [5.41, 5.74) is 0.371. The molecular weight excluding hydrogens is 316 g/mol. The number of hydrogen-bond donors (Lipinski definition) is 2.